The number of para-hydroxylation sites is 5. The Morgan fingerprint density at radius 2 is 0.565 bits per heavy atom. The predicted octanol–water partition coefficient (Wildman–Crippen LogP) is 33.3. The second kappa shape index (κ2) is 33.2. The van der Waals surface area contributed by atoms with Crippen LogP contribution in [0, 0.1) is 0 Å². The van der Waals surface area contributed by atoms with Gasteiger partial charge in [-0.25, -0.2) is 34.9 Å². The molecule has 0 spiro atoms. The molecule has 0 bridgehead atoms. The first-order valence-electron chi connectivity index (χ1n) is 46.2. The van der Waals surface area contributed by atoms with Crippen molar-refractivity contribution in [1.82, 2.24) is 53.6 Å². The summed E-state index contributed by atoms with van der Waals surface area (Å²) in [6.45, 7) is 0. The molecule has 0 atom stereocenters. The van der Waals surface area contributed by atoms with Crippen molar-refractivity contribution in [2.24, 2.45) is 0 Å². The number of hydrogen-bond acceptors (Lipinski definition) is 11. The highest BCUT2D eigenvalue weighted by molar-refractivity contribution is 7.27. The van der Waals surface area contributed by atoms with Crippen LogP contribution >= 0.6 is 34.0 Å². The summed E-state index contributed by atoms with van der Waals surface area (Å²) in [4.78, 5) is 42.8. The van der Waals surface area contributed by atoms with Gasteiger partial charge in [0, 0.05) is 162 Å². The first kappa shape index (κ1) is 80.0. The van der Waals surface area contributed by atoms with E-state index in [1.807, 2.05) is 113 Å². The summed E-state index contributed by atoms with van der Waals surface area (Å²) in [5.74, 6) is 4.23. The fraction of sp³-hybridized carbons (Fsp3) is 0. The molecule has 0 aliphatic heterocycles. The third-order valence-electron chi connectivity index (χ3n) is 26.7. The Labute approximate surface area is 803 Å². The lowest BCUT2D eigenvalue weighted by Gasteiger charge is -2.17. The van der Waals surface area contributed by atoms with Crippen LogP contribution in [0.4, 0.5) is 0 Å². The third-order valence-corrected chi connectivity index (χ3v) is 30.3. The maximum atomic E-state index is 5.57. The second-order valence-corrected chi connectivity index (χ2v) is 37.8. The summed E-state index contributed by atoms with van der Waals surface area (Å²) in [5.41, 5.74) is 24.9. The first-order chi connectivity index (χ1) is 68.5. The van der Waals surface area contributed by atoms with Crippen LogP contribution in [0.25, 0.3) is 267 Å². The van der Waals surface area contributed by atoms with Crippen molar-refractivity contribution in [1.29, 1.82) is 0 Å². The van der Waals surface area contributed by atoms with Gasteiger partial charge in [0.1, 0.15) is 5.82 Å². The third kappa shape index (κ3) is 13.4. The van der Waals surface area contributed by atoms with Gasteiger partial charge in [-0.3, -0.25) is 9.55 Å². The Hall–Kier alpha value is -17.7. The van der Waals surface area contributed by atoms with Crippen LogP contribution in [0.3, 0.4) is 0 Å². The van der Waals surface area contributed by atoms with Gasteiger partial charge >= 0.3 is 0 Å². The second-order valence-electron chi connectivity index (χ2n) is 34.7. The van der Waals surface area contributed by atoms with Gasteiger partial charge in [-0.05, 0) is 119 Å². The zero-order chi connectivity index (χ0) is 90.8. The molecule has 10 heterocycles. The molecular formula is C124H75N11S3. The SMILES string of the molecule is c1ccc(-c2ccc(-c3ccccc3)c(-c3cnc(-n4c5ccccc5c5ccc6c7ccccc7sc6c54)c(-c4nc(-c5ccccc5)nc(-c5ccccc5)n4)c3)c2)cc1.c1ccc(-c2nc(-c3ccccc3)nc(-c3cc(-c4cccc5c4sc4ccc6c(c7ccccc7n6-c6ccccc6)c45)cnc3-c3cccc4c3sc3ccc5c(c6ccccc6n5-c5ccccc5)c34)n2)cc1. The van der Waals surface area contributed by atoms with Crippen molar-refractivity contribution in [2.45, 2.75) is 0 Å². The molecule has 0 saturated heterocycles. The minimum absolute atomic E-state index is 0.539. The van der Waals surface area contributed by atoms with Crippen LogP contribution in [0.2, 0.25) is 0 Å². The van der Waals surface area contributed by atoms with E-state index in [4.69, 9.17) is 39.9 Å². The Morgan fingerprint density at radius 1 is 0.181 bits per heavy atom. The van der Waals surface area contributed by atoms with Crippen LogP contribution in [-0.2, 0) is 0 Å². The number of benzene rings is 18. The standard InChI is InChI=1S/C68H40N6S2.C56H35N5S/c1-5-19-41(20-6-1)66-70-67(42-21-7-2-8-22-42)72-68(71-66)52-39-43(46-29-17-30-49-61-57(75-64(46)49)37-35-55-59(61)47-27-13-15-33-53(47)73(55)44-23-9-3-10-24-44)40-69-63(52)51-32-18-31-50-62-58(76-65(50)51)38-36-56-60(62)48-28-14-16-34-54(48)74(56)45-25-11-4-12-26-45;1-5-17-36(18-6-1)40-29-30-42(37-19-7-2-8-20-37)47(33-40)41-34-48(55-59-53(38-21-9-3-10-22-38)58-54(60-55)39-23-11-4-12-24-39)56(57-35-41)61-49-27-15-13-25-43(49)45-31-32-46-44-26-14-16-28-50(44)62-52(46)51(45)61/h1-40H;1-35H. The van der Waals surface area contributed by atoms with E-state index in [9.17, 15) is 0 Å². The molecule has 0 aliphatic rings. The predicted molar refractivity (Wildman–Crippen MR) is 577 cm³/mol. The van der Waals surface area contributed by atoms with Gasteiger partial charge in [0.15, 0.2) is 34.9 Å². The maximum absolute atomic E-state index is 5.57. The van der Waals surface area contributed by atoms with Crippen molar-refractivity contribution in [2.75, 3.05) is 0 Å². The molecular weight excluding hydrogens is 1740 g/mol. The fourth-order valence-electron chi connectivity index (χ4n) is 20.5. The highest BCUT2D eigenvalue weighted by Gasteiger charge is 2.29. The molecule has 0 fully saturated rings. The van der Waals surface area contributed by atoms with Gasteiger partial charge in [-0.15, -0.1) is 34.0 Å². The smallest absolute Gasteiger partial charge is 0.167 e. The lowest BCUT2D eigenvalue weighted by atomic mass is 9.91. The van der Waals surface area contributed by atoms with Gasteiger partial charge in [0.05, 0.1) is 49.1 Å². The van der Waals surface area contributed by atoms with Gasteiger partial charge in [0.2, 0.25) is 0 Å². The van der Waals surface area contributed by atoms with Crippen LogP contribution in [0.15, 0.2) is 455 Å². The summed E-state index contributed by atoms with van der Waals surface area (Å²) < 4.78 is 14.4. The summed E-state index contributed by atoms with van der Waals surface area (Å²) in [7, 11) is 0. The van der Waals surface area contributed by atoms with E-state index in [1.54, 1.807) is 0 Å². The van der Waals surface area contributed by atoms with Gasteiger partial charge < -0.3 is 9.13 Å². The molecule has 28 aromatic rings. The molecule has 0 saturated carbocycles. The number of fused-ring (bicyclic) bond motifs is 21. The van der Waals surface area contributed by atoms with Crippen LogP contribution in [0.5, 0.6) is 0 Å². The topological polar surface area (TPSA) is 118 Å². The van der Waals surface area contributed by atoms with E-state index in [0.717, 1.165) is 127 Å². The number of aromatic nitrogens is 11. The monoisotopic (exact) mass is 1810 g/mol. The quantitative estimate of drug-likeness (QED) is 0.106. The largest absolute Gasteiger partial charge is 0.309 e. The van der Waals surface area contributed by atoms with Crippen molar-refractivity contribution >= 4 is 160 Å². The average molecular weight is 1820 g/mol. The van der Waals surface area contributed by atoms with E-state index < -0.39 is 0 Å². The van der Waals surface area contributed by atoms with E-state index in [0.29, 0.717) is 34.9 Å². The average Bonchev–Trinajstić information content (AvgIpc) is 1.56. The van der Waals surface area contributed by atoms with Crippen LogP contribution < -0.4 is 0 Å². The van der Waals surface area contributed by atoms with Gasteiger partial charge in [-0.2, -0.15) is 0 Å². The molecule has 18 aromatic carbocycles. The molecule has 11 nitrogen and oxygen atoms in total. The van der Waals surface area contributed by atoms with Crippen molar-refractivity contribution in [3.63, 3.8) is 0 Å². The first-order valence-corrected chi connectivity index (χ1v) is 48.6. The van der Waals surface area contributed by atoms with Crippen molar-refractivity contribution in [3.8, 4) is 141 Å². The fourth-order valence-corrected chi connectivity index (χ4v) is 24.2. The van der Waals surface area contributed by atoms with E-state index in [2.05, 4.69) is 390 Å². The molecule has 0 N–H and O–H groups in total. The van der Waals surface area contributed by atoms with Crippen LogP contribution in [-0.4, -0.2) is 53.6 Å². The molecule has 0 unspecified atom stereocenters. The highest BCUT2D eigenvalue weighted by Crippen LogP contribution is 2.52. The Morgan fingerprint density at radius 3 is 1.09 bits per heavy atom. The molecule has 10 aromatic heterocycles. The number of thiophene rings is 3. The van der Waals surface area contributed by atoms with Crippen molar-refractivity contribution < 1.29 is 0 Å². The normalized spacial score (nSPS) is 11.8. The summed E-state index contributed by atoms with van der Waals surface area (Å²) in [6.07, 6.45) is 4.09. The zero-order valence-electron chi connectivity index (χ0n) is 73.9. The van der Waals surface area contributed by atoms with E-state index in [1.165, 1.54) is 105 Å². The molecule has 0 aliphatic carbocycles. The highest BCUT2D eigenvalue weighted by atomic mass is 32.1. The number of pyridine rings is 2. The van der Waals surface area contributed by atoms with E-state index in [-0.39, 0.29) is 0 Å². The molecule has 644 valence electrons. The Kier molecular flexibility index (Phi) is 19.3. The summed E-state index contributed by atoms with van der Waals surface area (Å²) in [5, 5.41) is 14.7. The number of nitrogens with zero attached hydrogens (tertiary/aromatic N) is 11. The lowest BCUT2D eigenvalue weighted by molar-refractivity contribution is 1.04. The zero-order valence-corrected chi connectivity index (χ0v) is 76.4. The molecule has 0 amide bonds. The van der Waals surface area contributed by atoms with Crippen molar-refractivity contribution in [3.05, 3.63) is 455 Å². The van der Waals surface area contributed by atoms with Gasteiger partial charge in [0.25, 0.3) is 0 Å². The molecule has 138 heavy (non-hydrogen) atoms. The minimum atomic E-state index is 0.539. The number of rotatable bonds is 14. The minimum Gasteiger partial charge on any atom is -0.309 e. The number of hydrogen-bond donors (Lipinski definition) is 0. The summed E-state index contributed by atoms with van der Waals surface area (Å²) in [6, 6.07) is 157. The molecule has 28 rings (SSSR count). The van der Waals surface area contributed by atoms with Gasteiger partial charge in [-0.1, -0.05) is 352 Å². The van der Waals surface area contributed by atoms with Crippen LogP contribution in [0.1, 0.15) is 0 Å². The summed E-state index contributed by atoms with van der Waals surface area (Å²) >= 11 is 5.49. The maximum Gasteiger partial charge on any atom is 0.167 e. The Bertz CT molecular complexity index is 9590. The molecule has 14 heteroatoms. The van der Waals surface area contributed by atoms with E-state index >= 15 is 0 Å². The lowest BCUT2D eigenvalue weighted by Crippen LogP contribution is -2.06. The Balaban J connectivity index is 0.000000142. The molecule has 0 radical (unpaired) electrons.